The van der Waals surface area contributed by atoms with E-state index in [1.807, 2.05) is 24.3 Å². The predicted molar refractivity (Wildman–Crippen MR) is 126 cm³/mol. The number of hydrogen-bond acceptors (Lipinski definition) is 6. The number of halogens is 1. The molecule has 3 heterocycles. The van der Waals surface area contributed by atoms with Crippen LogP contribution in [0.1, 0.15) is 18.5 Å². The van der Waals surface area contributed by atoms with Gasteiger partial charge in [-0.05, 0) is 48.9 Å². The van der Waals surface area contributed by atoms with Crippen LogP contribution in [0.15, 0.2) is 84.2 Å². The van der Waals surface area contributed by atoms with Crippen molar-refractivity contribution in [2.45, 2.75) is 13.0 Å². The lowest BCUT2D eigenvalue weighted by Gasteiger charge is -2.28. The Morgan fingerprint density at radius 3 is 2.56 bits per heavy atom. The lowest BCUT2D eigenvalue weighted by atomic mass is 9.95. The largest absolute Gasteiger partial charge is 0.497 e. The van der Waals surface area contributed by atoms with E-state index in [0.29, 0.717) is 28.8 Å². The highest BCUT2D eigenvalue weighted by atomic mass is 19.1. The number of carbonyl (C=O) groups is 1. The number of fused-ring (bicyclic) bond motifs is 1. The van der Waals surface area contributed by atoms with Crippen LogP contribution >= 0.6 is 0 Å². The normalized spacial score (nSPS) is 14.9. The highest BCUT2D eigenvalue weighted by Gasteiger charge is 2.35. The Balaban J connectivity index is 1.61. The molecule has 9 heteroatoms. The van der Waals surface area contributed by atoms with Crippen molar-refractivity contribution < 1.29 is 13.9 Å². The number of methoxy groups -OCH3 is 1. The van der Waals surface area contributed by atoms with Gasteiger partial charge in [0.1, 0.15) is 23.4 Å². The van der Waals surface area contributed by atoms with E-state index in [0.717, 1.165) is 5.56 Å². The van der Waals surface area contributed by atoms with Crippen LogP contribution in [0.2, 0.25) is 0 Å². The molecule has 0 radical (unpaired) electrons. The molecule has 0 fully saturated rings. The number of hydrogen-bond donors (Lipinski definition) is 2. The fourth-order valence-electron chi connectivity index (χ4n) is 3.92. The molecule has 0 saturated heterocycles. The van der Waals surface area contributed by atoms with Gasteiger partial charge < -0.3 is 15.4 Å². The molecule has 34 heavy (non-hydrogen) atoms. The molecule has 1 unspecified atom stereocenters. The number of nitrogens with one attached hydrogen (secondary N) is 2. The van der Waals surface area contributed by atoms with Gasteiger partial charge in [-0.15, -0.1) is 5.10 Å². The second-order valence-electron chi connectivity index (χ2n) is 7.69. The summed E-state index contributed by atoms with van der Waals surface area (Å²) in [5.41, 5.74) is 2.11. The molecule has 1 atom stereocenters. The summed E-state index contributed by atoms with van der Waals surface area (Å²) in [4.78, 5) is 22.1. The molecule has 170 valence electrons. The first kappa shape index (κ1) is 21.3. The molecule has 8 nitrogen and oxygen atoms in total. The Hall–Kier alpha value is -4.53. The SMILES string of the molecule is COc1ccc(C2C(C(=O)Nc3ccccn3)=C(C)Nc3nc(-c4ccccc4F)nn32)cc1. The average Bonchev–Trinajstić information content (AvgIpc) is 3.27. The molecule has 4 aromatic rings. The fourth-order valence-corrected chi connectivity index (χ4v) is 3.92. The first-order valence-corrected chi connectivity index (χ1v) is 10.6. The summed E-state index contributed by atoms with van der Waals surface area (Å²) >= 11 is 0. The second kappa shape index (κ2) is 8.78. The van der Waals surface area contributed by atoms with Gasteiger partial charge in [0.05, 0.1) is 18.2 Å². The van der Waals surface area contributed by atoms with E-state index in [1.165, 1.54) is 6.07 Å². The van der Waals surface area contributed by atoms with Crippen molar-refractivity contribution in [3.05, 3.63) is 95.6 Å². The molecule has 2 aromatic heterocycles. The van der Waals surface area contributed by atoms with Gasteiger partial charge in [-0.25, -0.2) is 14.1 Å². The van der Waals surface area contributed by atoms with E-state index in [9.17, 15) is 9.18 Å². The Kier molecular flexibility index (Phi) is 5.51. The maximum Gasteiger partial charge on any atom is 0.257 e. The summed E-state index contributed by atoms with van der Waals surface area (Å²) in [6.07, 6.45) is 1.60. The molecular weight excluding hydrogens is 435 g/mol. The fraction of sp³-hybridized carbons (Fsp3) is 0.120. The lowest BCUT2D eigenvalue weighted by molar-refractivity contribution is -0.113. The van der Waals surface area contributed by atoms with E-state index < -0.39 is 11.9 Å². The van der Waals surface area contributed by atoms with Crippen molar-refractivity contribution in [3.8, 4) is 17.1 Å². The third kappa shape index (κ3) is 3.88. The van der Waals surface area contributed by atoms with Crippen LogP contribution in [-0.4, -0.2) is 32.8 Å². The number of allylic oxidation sites excluding steroid dienone is 1. The van der Waals surface area contributed by atoms with Crippen LogP contribution in [-0.2, 0) is 4.79 Å². The molecule has 0 aliphatic carbocycles. The minimum atomic E-state index is -0.612. The summed E-state index contributed by atoms with van der Waals surface area (Å²) in [6.45, 7) is 1.80. The molecule has 5 rings (SSSR count). The highest BCUT2D eigenvalue weighted by Crippen LogP contribution is 2.37. The lowest BCUT2D eigenvalue weighted by Crippen LogP contribution is -2.31. The van der Waals surface area contributed by atoms with Crippen molar-refractivity contribution in [2.75, 3.05) is 17.7 Å². The minimum absolute atomic E-state index is 0.221. The molecule has 1 aliphatic rings. The predicted octanol–water partition coefficient (Wildman–Crippen LogP) is 4.42. The topological polar surface area (TPSA) is 94.0 Å². The molecule has 2 aromatic carbocycles. The van der Waals surface area contributed by atoms with E-state index in [4.69, 9.17) is 4.74 Å². The zero-order valence-corrected chi connectivity index (χ0v) is 18.5. The standard InChI is InChI=1S/C25H21FN6O2/c1-15-21(24(33)29-20-9-5-6-14-27-20)22(16-10-12-17(34-2)13-11-16)32-25(28-15)30-23(31-32)18-7-3-4-8-19(18)26/h3-14,22H,1-2H3,(H,27,29,33)(H,28,30,31). The highest BCUT2D eigenvalue weighted by molar-refractivity contribution is 6.05. The van der Waals surface area contributed by atoms with Gasteiger partial charge in [-0.1, -0.05) is 30.3 Å². The summed E-state index contributed by atoms with van der Waals surface area (Å²) in [6, 6.07) is 18.3. The summed E-state index contributed by atoms with van der Waals surface area (Å²) < 4.78 is 21.4. The number of rotatable bonds is 5. The van der Waals surface area contributed by atoms with Crippen molar-refractivity contribution in [1.29, 1.82) is 0 Å². The maximum absolute atomic E-state index is 14.5. The van der Waals surface area contributed by atoms with Crippen LogP contribution in [0.4, 0.5) is 16.2 Å². The second-order valence-corrected chi connectivity index (χ2v) is 7.69. The van der Waals surface area contributed by atoms with Gasteiger partial charge in [0.25, 0.3) is 5.91 Å². The first-order chi connectivity index (χ1) is 16.5. The number of amides is 1. The zero-order chi connectivity index (χ0) is 23.7. The number of carbonyl (C=O) groups excluding carboxylic acids is 1. The van der Waals surface area contributed by atoms with Crippen molar-refractivity contribution in [1.82, 2.24) is 19.7 Å². The van der Waals surface area contributed by atoms with E-state index in [-0.39, 0.29) is 17.3 Å². The Labute approximate surface area is 195 Å². The van der Waals surface area contributed by atoms with E-state index >= 15 is 0 Å². The number of nitrogens with zero attached hydrogens (tertiary/aromatic N) is 4. The quantitative estimate of drug-likeness (QED) is 0.462. The van der Waals surface area contributed by atoms with Crippen LogP contribution in [0.25, 0.3) is 11.4 Å². The third-order valence-corrected chi connectivity index (χ3v) is 5.55. The van der Waals surface area contributed by atoms with Gasteiger partial charge in [0.15, 0.2) is 5.82 Å². The Bertz CT molecular complexity index is 1380. The van der Waals surface area contributed by atoms with E-state index in [1.54, 1.807) is 61.3 Å². The Morgan fingerprint density at radius 2 is 1.85 bits per heavy atom. The van der Waals surface area contributed by atoms with Gasteiger partial charge in [0.2, 0.25) is 5.95 Å². The molecule has 2 N–H and O–H groups in total. The number of pyridine rings is 1. The minimum Gasteiger partial charge on any atom is -0.497 e. The van der Waals surface area contributed by atoms with Gasteiger partial charge in [-0.3, -0.25) is 4.79 Å². The molecule has 1 amide bonds. The number of benzene rings is 2. The summed E-state index contributed by atoms with van der Waals surface area (Å²) in [5, 5.41) is 10.6. The molecular formula is C25H21FN6O2. The zero-order valence-electron chi connectivity index (χ0n) is 18.5. The third-order valence-electron chi connectivity index (χ3n) is 5.55. The van der Waals surface area contributed by atoms with Gasteiger partial charge in [0, 0.05) is 11.9 Å². The number of anilines is 2. The maximum atomic E-state index is 14.5. The van der Waals surface area contributed by atoms with Gasteiger partial charge in [-0.2, -0.15) is 4.98 Å². The van der Waals surface area contributed by atoms with Gasteiger partial charge >= 0.3 is 0 Å². The first-order valence-electron chi connectivity index (χ1n) is 10.6. The monoisotopic (exact) mass is 456 g/mol. The van der Waals surface area contributed by atoms with E-state index in [2.05, 4.69) is 25.7 Å². The number of ether oxygens (including phenoxy) is 1. The number of aromatic nitrogens is 4. The molecule has 1 aliphatic heterocycles. The van der Waals surface area contributed by atoms with Crippen LogP contribution < -0.4 is 15.4 Å². The summed E-state index contributed by atoms with van der Waals surface area (Å²) in [7, 11) is 1.59. The smallest absolute Gasteiger partial charge is 0.257 e. The molecule has 0 spiro atoms. The van der Waals surface area contributed by atoms with Crippen LogP contribution in [0, 0.1) is 5.82 Å². The van der Waals surface area contributed by atoms with Crippen molar-refractivity contribution in [2.24, 2.45) is 0 Å². The van der Waals surface area contributed by atoms with Crippen molar-refractivity contribution in [3.63, 3.8) is 0 Å². The van der Waals surface area contributed by atoms with Crippen LogP contribution in [0.5, 0.6) is 5.75 Å². The summed E-state index contributed by atoms with van der Waals surface area (Å²) in [5.74, 6) is 0.980. The Morgan fingerprint density at radius 1 is 1.09 bits per heavy atom. The molecule has 0 bridgehead atoms. The molecule has 0 saturated carbocycles. The average molecular weight is 456 g/mol. The van der Waals surface area contributed by atoms with Crippen LogP contribution in [0.3, 0.4) is 0 Å². The van der Waals surface area contributed by atoms with Crippen molar-refractivity contribution >= 4 is 17.7 Å².